The van der Waals surface area contributed by atoms with Gasteiger partial charge in [0.1, 0.15) is 0 Å². The number of benzene rings is 1. The number of H-pyrrole nitrogens is 1. The topological polar surface area (TPSA) is 64.3 Å². The molecule has 1 unspecified atom stereocenters. The number of rotatable bonds is 2. The van der Waals surface area contributed by atoms with Gasteiger partial charge in [-0.2, -0.15) is 5.10 Å². The van der Waals surface area contributed by atoms with E-state index in [0.29, 0.717) is 17.8 Å². The summed E-state index contributed by atoms with van der Waals surface area (Å²) in [6, 6.07) is 9.03. The van der Waals surface area contributed by atoms with Crippen molar-refractivity contribution < 1.29 is 4.79 Å². The minimum atomic E-state index is -0.0663. The second-order valence-corrected chi connectivity index (χ2v) is 6.95. The summed E-state index contributed by atoms with van der Waals surface area (Å²) in [6.45, 7) is 2.15. The molecule has 1 amide bonds. The van der Waals surface area contributed by atoms with Gasteiger partial charge in [0.2, 0.25) is 0 Å². The normalized spacial score (nSPS) is 27.7. The molecule has 1 aromatic heterocycles. The molecule has 2 aromatic rings. The molecule has 2 saturated heterocycles. The molecule has 2 fully saturated rings. The number of halogens is 1. The monoisotopic (exact) mass is 349 g/mol. The van der Waals surface area contributed by atoms with E-state index in [2.05, 4.69) is 39.4 Å². The Bertz CT molecular complexity index is 717. The Balaban J connectivity index is 0.00000169. The summed E-state index contributed by atoms with van der Waals surface area (Å²) in [5.41, 5.74) is 1.40. The van der Waals surface area contributed by atoms with Gasteiger partial charge >= 0.3 is 0 Å². The molecule has 0 saturated carbocycles. The predicted octanol–water partition coefficient (Wildman–Crippen LogP) is 1.49. The van der Waals surface area contributed by atoms with Crippen molar-refractivity contribution in [1.29, 1.82) is 0 Å². The zero-order valence-corrected chi connectivity index (χ0v) is 14.8. The Morgan fingerprint density at radius 1 is 1.21 bits per heavy atom. The Morgan fingerprint density at radius 2 is 1.88 bits per heavy atom. The number of piperazine rings is 1. The SMILES string of the molecule is CN1C[C@H]2CC(NC(=O)c3n[nH]c4ccccc34)C[C@@H](C1)N2C.Cl. The summed E-state index contributed by atoms with van der Waals surface area (Å²) in [4.78, 5) is 17.5. The smallest absolute Gasteiger partial charge is 0.272 e. The second-order valence-electron chi connectivity index (χ2n) is 6.95. The number of carbonyl (C=O) groups excluding carboxylic acids is 1. The van der Waals surface area contributed by atoms with Crippen LogP contribution in [0.1, 0.15) is 23.3 Å². The number of carbonyl (C=O) groups is 1. The Kier molecular flexibility index (Phi) is 4.80. The van der Waals surface area contributed by atoms with Crippen LogP contribution in [0.5, 0.6) is 0 Å². The molecule has 1 aromatic carbocycles. The predicted molar refractivity (Wildman–Crippen MR) is 96.7 cm³/mol. The summed E-state index contributed by atoms with van der Waals surface area (Å²) in [7, 11) is 4.39. The molecular weight excluding hydrogens is 326 g/mol. The number of para-hydroxylation sites is 1. The number of fused-ring (bicyclic) bond motifs is 3. The molecule has 6 nitrogen and oxygen atoms in total. The highest BCUT2D eigenvalue weighted by molar-refractivity contribution is 6.04. The van der Waals surface area contributed by atoms with Crippen molar-refractivity contribution in [1.82, 2.24) is 25.3 Å². The van der Waals surface area contributed by atoms with Gasteiger partial charge < -0.3 is 10.2 Å². The fraction of sp³-hybridized carbons (Fsp3) is 0.529. The standard InChI is InChI=1S/C17H23N5O.ClH/c1-21-9-12-7-11(8-13(10-21)22(12)2)18-17(23)16-14-5-3-4-6-15(14)19-20-16;/h3-6,11-13H,7-10H2,1-2H3,(H,18,23)(H,19,20);1H/t11?,12-,13+;. The fourth-order valence-electron chi connectivity index (χ4n) is 4.09. The highest BCUT2D eigenvalue weighted by Crippen LogP contribution is 2.27. The van der Waals surface area contributed by atoms with Gasteiger partial charge in [-0.25, -0.2) is 0 Å². The average molecular weight is 350 g/mol. The first-order valence-electron chi connectivity index (χ1n) is 8.26. The van der Waals surface area contributed by atoms with Crippen LogP contribution in [0.3, 0.4) is 0 Å². The average Bonchev–Trinajstić information content (AvgIpc) is 2.93. The van der Waals surface area contributed by atoms with Gasteiger partial charge in [0.25, 0.3) is 5.91 Å². The summed E-state index contributed by atoms with van der Waals surface area (Å²) in [5.74, 6) is -0.0663. The van der Waals surface area contributed by atoms with Gasteiger partial charge in [-0.1, -0.05) is 18.2 Å². The van der Waals surface area contributed by atoms with Crippen LogP contribution in [0.25, 0.3) is 10.9 Å². The number of nitrogens with zero attached hydrogens (tertiary/aromatic N) is 3. The van der Waals surface area contributed by atoms with Crippen LogP contribution in [-0.4, -0.2) is 71.2 Å². The highest BCUT2D eigenvalue weighted by atomic mass is 35.5. The van der Waals surface area contributed by atoms with Crippen LogP contribution in [0, 0.1) is 0 Å². The molecule has 4 rings (SSSR count). The van der Waals surface area contributed by atoms with E-state index >= 15 is 0 Å². The Morgan fingerprint density at radius 3 is 2.58 bits per heavy atom. The molecule has 2 aliphatic heterocycles. The van der Waals surface area contributed by atoms with E-state index < -0.39 is 0 Å². The lowest BCUT2D eigenvalue weighted by Gasteiger charge is -2.50. The zero-order chi connectivity index (χ0) is 16.0. The van der Waals surface area contributed by atoms with Gasteiger partial charge in [0.15, 0.2) is 5.69 Å². The van der Waals surface area contributed by atoms with Crippen LogP contribution in [-0.2, 0) is 0 Å². The maximum absolute atomic E-state index is 12.6. The van der Waals surface area contributed by atoms with Gasteiger partial charge in [-0.3, -0.25) is 14.8 Å². The van der Waals surface area contributed by atoms with Crippen LogP contribution in [0.15, 0.2) is 24.3 Å². The van der Waals surface area contributed by atoms with E-state index in [1.165, 1.54) is 0 Å². The van der Waals surface area contributed by atoms with Crippen LogP contribution >= 0.6 is 12.4 Å². The minimum Gasteiger partial charge on any atom is -0.348 e. The molecule has 3 atom stereocenters. The summed E-state index contributed by atoms with van der Waals surface area (Å²) >= 11 is 0. The van der Waals surface area contributed by atoms with Gasteiger partial charge in [0.05, 0.1) is 5.52 Å². The van der Waals surface area contributed by atoms with Gasteiger partial charge in [0, 0.05) is 36.6 Å². The number of hydrogen-bond acceptors (Lipinski definition) is 4. The number of amides is 1. The first kappa shape index (κ1) is 17.2. The van der Waals surface area contributed by atoms with E-state index in [0.717, 1.165) is 36.8 Å². The number of aromatic nitrogens is 2. The molecule has 0 aliphatic carbocycles. The number of hydrogen-bond donors (Lipinski definition) is 2. The maximum atomic E-state index is 12.6. The van der Waals surface area contributed by atoms with E-state index in [1.807, 2.05) is 24.3 Å². The molecule has 2 bridgehead atoms. The Labute approximate surface area is 148 Å². The molecule has 24 heavy (non-hydrogen) atoms. The molecule has 0 radical (unpaired) electrons. The zero-order valence-electron chi connectivity index (χ0n) is 14.0. The molecule has 2 N–H and O–H groups in total. The first-order valence-corrected chi connectivity index (χ1v) is 8.26. The highest BCUT2D eigenvalue weighted by Gasteiger charge is 2.38. The van der Waals surface area contributed by atoms with Crippen LogP contribution < -0.4 is 5.32 Å². The number of aromatic amines is 1. The third-order valence-electron chi connectivity index (χ3n) is 5.33. The molecule has 7 heteroatoms. The van der Waals surface area contributed by atoms with Crippen molar-refractivity contribution in [2.45, 2.75) is 31.0 Å². The van der Waals surface area contributed by atoms with Gasteiger partial charge in [-0.15, -0.1) is 12.4 Å². The van der Waals surface area contributed by atoms with E-state index in [9.17, 15) is 4.79 Å². The van der Waals surface area contributed by atoms with Crippen LogP contribution in [0.4, 0.5) is 0 Å². The lowest BCUT2D eigenvalue weighted by molar-refractivity contribution is 0.00838. The molecule has 3 heterocycles. The van der Waals surface area contributed by atoms with Crippen molar-refractivity contribution in [2.75, 3.05) is 27.2 Å². The number of piperidine rings is 1. The summed E-state index contributed by atoms with van der Waals surface area (Å²) in [5, 5.41) is 11.2. The van der Waals surface area contributed by atoms with E-state index in [1.54, 1.807) is 0 Å². The fourth-order valence-corrected chi connectivity index (χ4v) is 4.09. The van der Waals surface area contributed by atoms with E-state index in [-0.39, 0.29) is 24.4 Å². The quantitative estimate of drug-likeness (QED) is 0.862. The second kappa shape index (κ2) is 6.70. The maximum Gasteiger partial charge on any atom is 0.272 e. The molecule has 2 aliphatic rings. The number of likely N-dealkylation sites (tertiary alicyclic amines) is 1. The summed E-state index contributed by atoms with van der Waals surface area (Å²) < 4.78 is 0. The van der Waals surface area contributed by atoms with E-state index in [4.69, 9.17) is 0 Å². The first-order chi connectivity index (χ1) is 11.1. The minimum absolute atomic E-state index is 0. The van der Waals surface area contributed by atoms with Crippen molar-refractivity contribution in [2.24, 2.45) is 0 Å². The van der Waals surface area contributed by atoms with Crippen molar-refractivity contribution in [3.05, 3.63) is 30.0 Å². The van der Waals surface area contributed by atoms with Crippen molar-refractivity contribution >= 4 is 29.2 Å². The Hall–Kier alpha value is -1.63. The number of likely N-dealkylation sites (N-methyl/N-ethyl adjacent to an activating group) is 2. The van der Waals surface area contributed by atoms with Crippen LogP contribution in [0.2, 0.25) is 0 Å². The third kappa shape index (κ3) is 3.01. The van der Waals surface area contributed by atoms with Gasteiger partial charge in [-0.05, 0) is 33.0 Å². The lowest BCUT2D eigenvalue weighted by atomic mass is 9.88. The largest absolute Gasteiger partial charge is 0.348 e. The molecular formula is C17H24ClN5O. The lowest BCUT2D eigenvalue weighted by Crippen LogP contribution is -2.63. The van der Waals surface area contributed by atoms with Crippen molar-refractivity contribution in [3.8, 4) is 0 Å². The third-order valence-corrected chi connectivity index (χ3v) is 5.33. The summed E-state index contributed by atoms with van der Waals surface area (Å²) in [6.07, 6.45) is 2.01. The van der Waals surface area contributed by atoms with Crippen molar-refractivity contribution in [3.63, 3.8) is 0 Å². The molecule has 0 spiro atoms. The number of nitrogens with one attached hydrogen (secondary N) is 2. The molecule has 130 valence electrons.